The molecule has 3 aromatic heterocycles. The zero-order valence-corrected chi connectivity index (χ0v) is 15.7. The van der Waals surface area contributed by atoms with Crippen molar-refractivity contribution in [2.24, 2.45) is 7.05 Å². The minimum Gasteiger partial charge on any atom is -0.321 e. The first kappa shape index (κ1) is 17.1. The molecule has 0 bridgehead atoms. The molecule has 3 heterocycles. The number of hydrogen-bond acceptors (Lipinski definition) is 4. The monoisotopic (exact) mass is 367 g/mol. The van der Waals surface area contributed by atoms with Crippen molar-refractivity contribution in [3.63, 3.8) is 0 Å². The first-order valence-electron chi connectivity index (χ1n) is 8.79. The van der Waals surface area contributed by atoms with Crippen LogP contribution in [0.15, 0.2) is 29.1 Å². The van der Waals surface area contributed by atoms with Gasteiger partial charge in [0.25, 0.3) is 0 Å². The second-order valence-electron chi connectivity index (χ2n) is 6.53. The number of carbonyl (C=O) groups is 1. The highest BCUT2D eigenvalue weighted by Gasteiger charge is 2.19. The average Bonchev–Trinajstić information content (AvgIpc) is 3.21. The Bertz CT molecular complexity index is 1240. The van der Waals surface area contributed by atoms with E-state index in [4.69, 9.17) is 0 Å². The molecule has 1 aromatic carbocycles. The number of aryl methyl sites for hydroxylation is 3. The van der Waals surface area contributed by atoms with Crippen molar-refractivity contribution >= 4 is 28.4 Å². The highest BCUT2D eigenvalue weighted by molar-refractivity contribution is 5.91. The Kier molecular flexibility index (Phi) is 3.87. The smallest absolute Gasteiger partial charge is 0.321 e. The van der Waals surface area contributed by atoms with Gasteiger partial charge in [-0.1, -0.05) is 12.1 Å². The third-order valence-corrected chi connectivity index (χ3v) is 4.86. The lowest BCUT2D eigenvalue weighted by Gasteiger charge is -2.05. The average molecular weight is 367 g/mol. The highest BCUT2D eigenvalue weighted by Crippen LogP contribution is 2.19. The molecule has 0 radical (unpaired) electrons. The summed E-state index contributed by atoms with van der Waals surface area (Å²) in [5.74, 6) is 0.217. The Morgan fingerprint density at radius 2 is 1.85 bits per heavy atom. The maximum Gasteiger partial charge on any atom is 0.352 e. The largest absolute Gasteiger partial charge is 0.352 e. The van der Waals surface area contributed by atoms with Gasteiger partial charge < -0.3 is 9.88 Å². The van der Waals surface area contributed by atoms with Crippen molar-refractivity contribution in [3.05, 3.63) is 46.1 Å². The fourth-order valence-corrected chi connectivity index (χ4v) is 3.46. The van der Waals surface area contributed by atoms with Gasteiger partial charge in [0.1, 0.15) is 6.54 Å². The molecular weight excluding hydrogens is 346 g/mol. The maximum absolute atomic E-state index is 12.9. The molecule has 0 saturated carbocycles. The number of carbonyl (C=O) groups excluding carboxylic acids is 1. The Balaban J connectivity index is 1.71. The van der Waals surface area contributed by atoms with Crippen LogP contribution in [-0.4, -0.2) is 34.4 Å². The lowest BCUT2D eigenvalue weighted by atomic mass is 10.3. The van der Waals surface area contributed by atoms with Gasteiger partial charge in [0.2, 0.25) is 11.7 Å². The van der Waals surface area contributed by atoms with Gasteiger partial charge >= 0.3 is 5.69 Å². The van der Waals surface area contributed by atoms with Gasteiger partial charge in [0.15, 0.2) is 0 Å². The number of para-hydroxylation sites is 2. The summed E-state index contributed by atoms with van der Waals surface area (Å²) >= 11 is 0. The Morgan fingerprint density at radius 1 is 1.15 bits per heavy atom. The minimum absolute atomic E-state index is 0.160. The molecule has 1 N–H and O–H groups in total. The molecule has 4 aromatic rings. The van der Waals surface area contributed by atoms with Crippen LogP contribution in [0.3, 0.4) is 0 Å². The van der Waals surface area contributed by atoms with E-state index in [0.29, 0.717) is 18.0 Å². The number of aromatic nitrogens is 6. The molecule has 9 nitrogen and oxygen atoms in total. The summed E-state index contributed by atoms with van der Waals surface area (Å²) in [5, 5.41) is 11.5. The molecule has 140 valence electrons. The van der Waals surface area contributed by atoms with E-state index in [2.05, 4.69) is 15.5 Å². The van der Waals surface area contributed by atoms with Crippen LogP contribution in [0.4, 0.5) is 5.69 Å². The predicted molar refractivity (Wildman–Crippen MR) is 102 cm³/mol. The van der Waals surface area contributed by atoms with Gasteiger partial charge in [-0.3, -0.25) is 9.48 Å². The van der Waals surface area contributed by atoms with Gasteiger partial charge in [0.05, 0.1) is 28.1 Å². The number of fused-ring (bicyclic) bond motifs is 3. The van der Waals surface area contributed by atoms with Crippen LogP contribution < -0.4 is 11.0 Å². The fraction of sp³-hybridized carbons (Fsp3) is 0.333. The van der Waals surface area contributed by atoms with Crippen molar-refractivity contribution in [2.75, 3.05) is 5.32 Å². The van der Waals surface area contributed by atoms with E-state index in [1.165, 1.54) is 4.68 Å². The number of imidazole rings is 1. The normalized spacial score (nSPS) is 11.6. The Hall–Kier alpha value is -3.36. The van der Waals surface area contributed by atoms with E-state index in [1.807, 2.05) is 56.7 Å². The van der Waals surface area contributed by atoms with E-state index in [9.17, 15) is 9.59 Å². The quantitative estimate of drug-likeness (QED) is 0.591. The van der Waals surface area contributed by atoms with E-state index in [0.717, 1.165) is 22.4 Å². The number of benzene rings is 1. The summed E-state index contributed by atoms with van der Waals surface area (Å²) in [6, 6.07) is 7.65. The summed E-state index contributed by atoms with van der Waals surface area (Å²) in [4.78, 5) is 25.4. The summed E-state index contributed by atoms with van der Waals surface area (Å²) in [6.45, 7) is 6.22. The molecule has 0 unspecified atom stereocenters. The zero-order chi connectivity index (χ0) is 19.3. The van der Waals surface area contributed by atoms with Crippen molar-refractivity contribution in [2.45, 2.75) is 33.9 Å². The van der Waals surface area contributed by atoms with Gasteiger partial charge in [0, 0.05) is 13.6 Å². The maximum atomic E-state index is 12.9. The molecule has 0 atom stereocenters. The van der Waals surface area contributed by atoms with Crippen molar-refractivity contribution in [1.82, 2.24) is 28.5 Å². The van der Waals surface area contributed by atoms with Crippen molar-refractivity contribution in [1.29, 1.82) is 0 Å². The van der Waals surface area contributed by atoms with Gasteiger partial charge in [-0.15, -0.1) is 5.10 Å². The molecule has 0 spiro atoms. The van der Waals surface area contributed by atoms with Gasteiger partial charge in [-0.25, -0.2) is 13.9 Å². The van der Waals surface area contributed by atoms with Crippen molar-refractivity contribution in [3.8, 4) is 0 Å². The molecule has 0 aliphatic heterocycles. The molecule has 0 aliphatic carbocycles. The van der Waals surface area contributed by atoms with E-state index in [1.54, 1.807) is 9.08 Å². The van der Waals surface area contributed by atoms with E-state index in [-0.39, 0.29) is 18.1 Å². The standard InChI is InChI=1S/C18H21N7O2/c1-5-23-13-8-6-7-9-14(13)25-17(23)21-24(18(25)27)10-15(26)19-16-11(2)20-22(4)12(16)3/h6-9H,5,10H2,1-4H3,(H,19,26). The van der Waals surface area contributed by atoms with Crippen LogP contribution in [0.1, 0.15) is 18.3 Å². The molecule has 9 heteroatoms. The zero-order valence-electron chi connectivity index (χ0n) is 15.7. The molecular formula is C18H21N7O2. The second kappa shape index (κ2) is 6.11. The van der Waals surface area contributed by atoms with E-state index < -0.39 is 0 Å². The first-order valence-corrected chi connectivity index (χ1v) is 8.79. The van der Waals surface area contributed by atoms with Crippen LogP contribution in [0.25, 0.3) is 16.8 Å². The molecule has 0 saturated heterocycles. The van der Waals surface area contributed by atoms with Crippen LogP contribution in [0.2, 0.25) is 0 Å². The summed E-state index contributed by atoms with van der Waals surface area (Å²) < 4.78 is 6.41. The van der Waals surface area contributed by atoms with Crippen LogP contribution in [-0.2, 0) is 24.9 Å². The molecule has 27 heavy (non-hydrogen) atoms. The first-order chi connectivity index (χ1) is 12.9. The number of rotatable bonds is 4. The number of nitrogens with one attached hydrogen (secondary N) is 1. The minimum atomic E-state index is -0.330. The Labute approximate surface area is 154 Å². The SMILES string of the molecule is CCn1c2ccccc2n2c(=O)n(CC(=O)Nc3c(C)nn(C)c3C)nc12. The third kappa shape index (κ3) is 2.54. The number of anilines is 1. The van der Waals surface area contributed by atoms with Crippen LogP contribution in [0.5, 0.6) is 0 Å². The van der Waals surface area contributed by atoms with Crippen LogP contribution >= 0.6 is 0 Å². The summed E-state index contributed by atoms with van der Waals surface area (Å²) in [7, 11) is 1.82. The number of amides is 1. The fourth-order valence-electron chi connectivity index (χ4n) is 3.46. The Morgan fingerprint density at radius 3 is 2.48 bits per heavy atom. The molecule has 0 fully saturated rings. The number of hydrogen-bond donors (Lipinski definition) is 1. The lowest BCUT2D eigenvalue weighted by Crippen LogP contribution is -2.28. The van der Waals surface area contributed by atoms with E-state index >= 15 is 0 Å². The molecule has 1 amide bonds. The van der Waals surface area contributed by atoms with Gasteiger partial charge in [-0.05, 0) is 32.9 Å². The predicted octanol–water partition coefficient (Wildman–Crippen LogP) is 1.46. The highest BCUT2D eigenvalue weighted by atomic mass is 16.2. The van der Waals surface area contributed by atoms with Crippen molar-refractivity contribution < 1.29 is 4.79 Å². The summed E-state index contributed by atoms with van der Waals surface area (Å²) in [6.07, 6.45) is 0. The van der Waals surface area contributed by atoms with Crippen LogP contribution in [0, 0.1) is 13.8 Å². The lowest BCUT2D eigenvalue weighted by molar-refractivity contribution is -0.117. The number of nitrogens with zero attached hydrogens (tertiary/aromatic N) is 6. The molecule has 4 rings (SSSR count). The topological polar surface area (TPSA) is 91.1 Å². The third-order valence-electron chi connectivity index (χ3n) is 4.86. The summed E-state index contributed by atoms with van der Waals surface area (Å²) in [5.41, 5.74) is 3.65. The van der Waals surface area contributed by atoms with Gasteiger partial charge in [-0.2, -0.15) is 5.10 Å². The molecule has 0 aliphatic rings. The second-order valence-corrected chi connectivity index (χ2v) is 6.53.